The molecule has 0 aliphatic carbocycles. The van der Waals surface area contributed by atoms with E-state index in [0.717, 1.165) is 16.3 Å². The summed E-state index contributed by atoms with van der Waals surface area (Å²) in [4.78, 5) is 17.1. The molecule has 8 nitrogen and oxygen atoms in total. The van der Waals surface area contributed by atoms with E-state index in [9.17, 15) is 13.2 Å². The number of esters is 1. The van der Waals surface area contributed by atoms with Crippen LogP contribution in [0.3, 0.4) is 0 Å². The summed E-state index contributed by atoms with van der Waals surface area (Å²) in [6.07, 6.45) is 0. The number of hydrogen-bond donors (Lipinski definition) is 0. The Morgan fingerprint density at radius 3 is 2.64 bits per heavy atom. The molecule has 0 spiro atoms. The van der Waals surface area contributed by atoms with Crippen molar-refractivity contribution in [3.05, 3.63) is 65.2 Å². The maximum atomic E-state index is 12.8. The number of carbonyl (C=O) groups excluding carboxylic acids is 1. The molecular formula is C23H24N2O6S2. The highest BCUT2D eigenvalue weighted by atomic mass is 32.2. The smallest absolute Gasteiger partial charge is 0.338 e. The van der Waals surface area contributed by atoms with Gasteiger partial charge in [0.2, 0.25) is 10.0 Å². The van der Waals surface area contributed by atoms with Crippen LogP contribution in [0.2, 0.25) is 0 Å². The van der Waals surface area contributed by atoms with Gasteiger partial charge in [-0.05, 0) is 49.4 Å². The molecular weight excluding hydrogens is 464 g/mol. The molecule has 0 amide bonds. The zero-order valence-corrected chi connectivity index (χ0v) is 19.7. The highest BCUT2D eigenvalue weighted by Gasteiger charge is 2.27. The van der Waals surface area contributed by atoms with Crippen molar-refractivity contribution in [2.24, 2.45) is 0 Å². The molecule has 1 fully saturated rings. The number of nitrogens with zero attached hydrogens (tertiary/aromatic N) is 2. The standard InChI is InChI=1S/C23H24N2O6S2/c1-2-30-20-8-6-17(7-9-20)22-24-19(16-32-22)15-31-23(26)18-4-3-5-21(14-18)33(27,28)25-10-12-29-13-11-25/h3-9,14,16H,2,10-13,15H2,1H3. The van der Waals surface area contributed by atoms with E-state index in [-0.39, 0.29) is 30.2 Å². The molecule has 0 N–H and O–H groups in total. The van der Waals surface area contributed by atoms with E-state index in [4.69, 9.17) is 14.2 Å². The van der Waals surface area contributed by atoms with Gasteiger partial charge in [-0.3, -0.25) is 0 Å². The predicted octanol–water partition coefficient (Wildman–Crippen LogP) is 3.59. The monoisotopic (exact) mass is 488 g/mol. The second kappa shape index (κ2) is 10.4. The van der Waals surface area contributed by atoms with Crippen LogP contribution in [-0.2, 0) is 26.1 Å². The van der Waals surface area contributed by atoms with Crippen LogP contribution < -0.4 is 4.74 Å². The molecule has 1 saturated heterocycles. The SMILES string of the molecule is CCOc1ccc(-c2nc(COC(=O)c3cccc(S(=O)(=O)N4CCOCC4)c3)cs2)cc1. The second-order valence-corrected chi connectivity index (χ2v) is 10.0. The Labute approximate surface area is 196 Å². The molecule has 2 heterocycles. The van der Waals surface area contributed by atoms with Crippen molar-refractivity contribution in [1.29, 1.82) is 0 Å². The third-order valence-electron chi connectivity index (χ3n) is 4.99. The quantitative estimate of drug-likeness (QED) is 0.447. The summed E-state index contributed by atoms with van der Waals surface area (Å²) in [5.74, 6) is 0.189. The first kappa shape index (κ1) is 23.4. The summed E-state index contributed by atoms with van der Waals surface area (Å²) in [6, 6.07) is 13.5. The maximum Gasteiger partial charge on any atom is 0.338 e. The molecule has 1 aliphatic heterocycles. The predicted molar refractivity (Wildman–Crippen MR) is 124 cm³/mol. The van der Waals surface area contributed by atoms with Crippen LogP contribution in [0.4, 0.5) is 0 Å². The molecule has 1 aromatic heterocycles. The Balaban J connectivity index is 1.40. The van der Waals surface area contributed by atoms with Crippen molar-refractivity contribution >= 4 is 27.3 Å². The fraction of sp³-hybridized carbons (Fsp3) is 0.304. The van der Waals surface area contributed by atoms with E-state index in [1.165, 1.54) is 39.9 Å². The van der Waals surface area contributed by atoms with E-state index in [1.54, 1.807) is 0 Å². The van der Waals surface area contributed by atoms with E-state index in [1.807, 2.05) is 36.6 Å². The summed E-state index contributed by atoms with van der Waals surface area (Å²) in [6.45, 7) is 3.82. The van der Waals surface area contributed by atoms with Gasteiger partial charge in [0, 0.05) is 24.0 Å². The van der Waals surface area contributed by atoms with E-state index >= 15 is 0 Å². The van der Waals surface area contributed by atoms with Gasteiger partial charge in [0.25, 0.3) is 0 Å². The summed E-state index contributed by atoms with van der Waals surface area (Å²) < 4.78 is 43.1. The minimum absolute atomic E-state index is 0.00714. The summed E-state index contributed by atoms with van der Waals surface area (Å²) in [5.41, 5.74) is 1.74. The normalized spacial score (nSPS) is 14.7. The Hall–Kier alpha value is -2.79. The van der Waals surface area contributed by atoms with E-state index < -0.39 is 16.0 Å². The average Bonchev–Trinajstić information content (AvgIpc) is 3.33. The molecule has 0 radical (unpaired) electrons. The molecule has 0 saturated carbocycles. The van der Waals surface area contributed by atoms with Gasteiger partial charge < -0.3 is 14.2 Å². The van der Waals surface area contributed by atoms with Crippen molar-refractivity contribution in [2.75, 3.05) is 32.9 Å². The second-order valence-electron chi connectivity index (χ2n) is 7.22. The topological polar surface area (TPSA) is 95.0 Å². The minimum Gasteiger partial charge on any atom is -0.494 e. The summed E-state index contributed by atoms with van der Waals surface area (Å²) >= 11 is 1.45. The van der Waals surface area contributed by atoms with Gasteiger partial charge in [0.1, 0.15) is 17.4 Å². The van der Waals surface area contributed by atoms with Crippen molar-refractivity contribution < 1.29 is 27.4 Å². The fourth-order valence-corrected chi connectivity index (χ4v) is 5.57. The molecule has 4 rings (SSSR count). The Bertz CT molecular complexity index is 1200. The fourth-order valence-electron chi connectivity index (χ4n) is 3.31. The van der Waals surface area contributed by atoms with Crippen molar-refractivity contribution in [3.8, 4) is 16.3 Å². The van der Waals surface area contributed by atoms with Crippen LogP contribution >= 0.6 is 11.3 Å². The van der Waals surface area contributed by atoms with Crippen molar-refractivity contribution in [2.45, 2.75) is 18.4 Å². The number of aromatic nitrogens is 1. The molecule has 1 aliphatic rings. The van der Waals surface area contributed by atoms with Crippen molar-refractivity contribution in [1.82, 2.24) is 9.29 Å². The summed E-state index contributed by atoms with van der Waals surface area (Å²) in [5, 5.41) is 2.64. The van der Waals surface area contributed by atoms with Crippen LogP contribution in [0.1, 0.15) is 23.0 Å². The third-order valence-corrected chi connectivity index (χ3v) is 7.83. The van der Waals surface area contributed by atoms with Gasteiger partial charge in [0.15, 0.2) is 0 Å². The largest absolute Gasteiger partial charge is 0.494 e. The maximum absolute atomic E-state index is 12.8. The van der Waals surface area contributed by atoms with Gasteiger partial charge in [-0.1, -0.05) is 6.07 Å². The Morgan fingerprint density at radius 2 is 1.91 bits per heavy atom. The highest BCUT2D eigenvalue weighted by Crippen LogP contribution is 2.26. The van der Waals surface area contributed by atoms with Crippen LogP contribution in [-0.4, -0.2) is 56.6 Å². The van der Waals surface area contributed by atoms with Crippen LogP contribution in [0.25, 0.3) is 10.6 Å². The molecule has 0 unspecified atom stereocenters. The number of thiazole rings is 1. The molecule has 0 atom stereocenters. The highest BCUT2D eigenvalue weighted by molar-refractivity contribution is 7.89. The number of benzene rings is 2. The lowest BCUT2D eigenvalue weighted by Crippen LogP contribution is -2.40. The summed E-state index contributed by atoms with van der Waals surface area (Å²) in [7, 11) is -3.69. The van der Waals surface area contributed by atoms with Crippen molar-refractivity contribution in [3.63, 3.8) is 0 Å². The zero-order chi connectivity index (χ0) is 23.3. The van der Waals surface area contributed by atoms with Gasteiger partial charge >= 0.3 is 5.97 Å². The molecule has 2 aromatic carbocycles. The first-order chi connectivity index (χ1) is 16.0. The lowest BCUT2D eigenvalue weighted by atomic mass is 10.2. The molecule has 33 heavy (non-hydrogen) atoms. The lowest BCUT2D eigenvalue weighted by Gasteiger charge is -2.26. The Morgan fingerprint density at radius 1 is 1.15 bits per heavy atom. The Kier molecular flexibility index (Phi) is 7.39. The van der Waals surface area contributed by atoms with Crippen LogP contribution in [0, 0.1) is 0 Å². The molecule has 3 aromatic rings. The van der Waals surface area contributed by atoms with E-state index in [0.29, 0.717) is 25.5 Å². The first-order valence-corrected chi connectivity index (χ1v) is 12.8. The molecule has 10 heteroatoms. The number of morpholine rings is 1. The first-order valence-electron chi connectivity index (χ1n) is 10.5. The zero-order valence-electron chi connectivity index (χ0n) is 18.1. The van der Waals surface area contributed by atoms with Gasteiger partial charge in [-0.2, -0.15) is 4.31 Å². The number of hydrogen-bond acceptors (Lipinski definition) is 8. The lowest BCUT2D eigenvalue weighted by molar-refractivity contribution is 0.0468. The number of sulfonamides is 1. The van der Waals surface area contributed by atoms with Gasteiger partial charge in [-0.15, -0.1) is 11.3 Å². The number of ether oxygens (including phenoxy) is 3. The van der Waals surface area contributed by atoms with Gasteiger partial charge in [0.05, 0.1) is 36.0 Å². The molecule has 174 valence electrons. The van der Waals surface area contributed by atoms with E-state index in [2.05, 4.69) is 4.98 Å². The molecule has 0 bridgehead atoms. The van der Waals surface area contributed by atoms with Crippen LogP contribution in [0.15, 0.2) is 58.8 Å². The number of carbonyl (C=O) groups is 1. The average molecular weight is 489 g/mol. The van der Waals surface area contributed by atoms with Gasteiger partial charge in [-0.25, -0.2) is 18.2 Å². The van der Waals surface area contributed by atoms with Crippen LogP contribution in [0.5, 0.6) is 5.75 Å². The third kappa shape index (κ3) is 5.59. The minimum atomic E-state index is -3.69. The number of rotatable bonds is 8.